The first-order valence-corrected chi connectivity index (χ1v) is 5.23. The molecule has 0 saturated heterocycles. The second kappa shape index (κ2) is 4.17. The van der Waals surface area contributed by atoms with Crippen LogP contribution >= 0.6 is 0 Å². The standard InChI is InChI=1S/C11H10N6/c1-2-4-8(5-3-1)6-12-9-7-13-15-11-10(9)14-17-16-11/h1-5,7H,6H2,(H2,12,14,15,16,17). The van der Waals surface area contributed by atoms with Crippen LogP contribution in [0.4, 0.5) is 5.69 Å². The first-order chi connectivity index (χ1) is 8.43. The Morgan fingerprint density at radius 2 is 2.00 bits per heavy atom. The normalized spacial score (nSPS) is 10.6. The number of benzene rings is 1. The third kappa shape index (κ3) is 1.92. The molecule has 2 aromatic heterocycles. The Balaban J connectivity index is 1.84. The van der Waals surface area contributed by atoms with Gasteiger partial charge in [-0.3, -0.25) is 0 Å². The molecule has 0 amide bonds. The predicted molar refractivity (Wildman–Crippen MR) is 63.2 cm³/mol. The molecule has 1 aromatic carbocycles. The van der Waals surface area contributed by atoms with E-state index in [1.54, 1.807) is 6.20 Å². The van der Waals surface area contributed by atoms with Crippen molar-refractivity contribution in [2.24, 2.45) is 0 Å². The lowest BCUT2D eigenvalue weighted by Crippen LogP contribution is -2.01. The SMILES string of the molecule is c1ccc(CNc2cnnc3n[nH]nc23)cc1. The van der Waals surface area contributed by atoms with Crippen molar-refractivity contribution in [2.75, 3.05) is 5.32 Å². The highest BCUT2D eigenvalue weighted by Gasteiger charge is 2.05. The summed E-state index contributed by atoms with van der Waals surface area (Å²) in [6, 6.07) is 10.1. The fourth-order valence-electron chi connectivity index (χ4n) is 1.60. The Kier molecular flexibility index (Phi) is 2.38. The van der Waals surface area contributed by atoms with E-state index in [4.69, 9.17) is 0 Å². The average Bonchev–Trinajstić information content (AvgIpc) is 2.86. The third-order valence-electron chi connectivity index (χ3n) is 2.45. The lowest BCUT2D eigenvalue weighted by molar-refractivity contribution is 0.946. The van der Waals surface area contributed by atoms with Gasteiger partial charge < -0.3 is 5.32 Å². The number of fused-ring (bicyclic) bond motifs is 1. The van der Waals surface area contributed by atoms with Crippen molar-refractivity contribution in [3.05, 3.63) is 42.1 Å². The quantitative estimate of drug-likeness (QED) is 0.705. The molecule has 3 rings (SSSR count). The van der Waals surface area contributed by atoms with E-state index >= 15 is 0 Å². The molecule has 2 N–H and O–H groups in total. The summed E-state index contributed by atoms with van der Waals surface area (Å²) in [6.07, 6.45) is 1.65. The van der Waals surface area contributed by atoms with Crippen LogP contribution in [0.25, 0.3) is 11.2 Å². The average molecular weight is 226 g/mol. The van der Waals surface area contributed by atoms with Crippen molar-refractivity contribution in [2.45, 2.75) is 6.54 Å². The number of hydrogen-bond acceptors (Lipinski definition) is 5. The maximum absolute atomic E-state index is 4.03. The van der Waals surface area contributed by atoms with Crippen LogP contribution < -0.4 is 5.32 Å². The molecule has 0 aliphatic carbocycles. The van der Waals surface area contributed by atoms with Gasteiger partial charge >= 0.3 is 0 Å². The van der Waals surface area contributed by atoms with Crippen LogP contribution in [0.5, 0.6) is 0 Å². The van der Waals surface area contributed by atoms with Crippen LogP contribution in [0.1, 0.15) is 5.56 Å². The molecule has 0 unspecified atom stereocenters. The Morgan fingerprint density at radius 1 is 1.12 bits per heavy atom. The molecule has 0 aliphatic heterocycles. The van der Waals surface area contributed by atoms with Crippen molar-refractivity contribution in [1.29, 1.82) is 0 Å². The number of H-pyrrole nitrogens is 1. The molecular weight excluding hydrogens is 216 g/mol. The van der Waals surface area contributed by atoms with Crippen molar-refractivity contribution < 1.29 is 0 Å². The lowest BCUT2D eigenvalue weighted by Gasteiger charge is -2.05. The van der Waals surface area contributed by atoms with Crippen molar-refractivity contribution in [3.8, 4) is 0 Å². The van der Waals surface area contributed by atoms with E-state index in [9.17, 15) is 0 Å². The van der Waals surface area contributed by atoms with Crippen LogP contribution in [0.15, 0.2) is 36.5 Å². The smallest absolute Gasteiger partial charge is 0.225 e. The highest BCUT2D eigenvalue weighted by molar-refractivity contribution is 5.83. The van der Waals surface area contributed by atoms with Gasteiger partial charge in [0.05, 0.1) is 11.9 Å². The number of nitrogens with one attached hydrogen (secondary N) is 2. The first kappa shape index (κ1) is 9.71. The molecule has 3 aromatic rings. The number of aromatic amines is 1. The van der Waals surface area contributed by atoms with E-state index in [0.29, 0.717) is 17.7 Å². The molecule has 0 saturated carbocycles. The number of aromatic nitrogens is 5. The van der Waals surface area contributed by atoms with E-state index in [2.05, 4.69) is 43.1 Å². The summed E-state index contributed by atoms with van der Waals surface area (Å²) in [5, 5.41) is 21.4. The predicted octanol–water partition coefficient (Wildman–Crippen LogP) is 1.36. The fraction of sp³-hybridized carbons (Fsp3) is 0.0909. The van der Waals surface area contributed by atoms with Gasteiger partial charge in [-0.25, -0.2) is 0 Å². The van der Waals surface area contributed by atoms with Crippen molar-refractivity contribution in [1.82, 2.24) is 25.6 Å². The maximum atomic E-state index is 4.03. The second-order valence-corrected chi connectivity index (χ2v) is 3.59. The summed E-state index contributed by atoms with van der Waals surface area (Å²) >= 11 is 0. The summed E-state index contributed by atoms with van der Waals surface area (Å²) in [5.74, 6) is 0. The molecule has 0 bridgehead atoms. The Bertz CT molecular complexity index is 618. The summed E-state index contributed by atoms with van der Waals surface area (Å²) < 4.78 is 0. The third-order valence-corrected chi connectivity index (χ3v) is 2.45. The molecule has 84 valence electrons. The van der Waals surface area contributed by atoms with E-state index < -0.39 is 0 Å². The number of anilines is 1. The molecule has 0 radical (unpaired) electrons. The highest BCUT2D eigenvalue weighted by Crippen LogP contribution is 2.16. The van der Waals surface area contributed by atoms with Gasteiger partial charge in [0.2, 0.25) is 5.65 Å². The zero-order valence-electron chi connectivity index (χ0n) is 8.96. The molecule has 2 heterocycles. The van der Waals surface area contributed by atoms with Crippen LogP contribution in [-0.2, 0) is 6.54 Å². The number of rotatable bonds is 3. The van der Waals surface area contributed by atoms with Gasteiger partial charge in [0.25, 0.3) is 0 Å². The van der Waals surface area contributed by atoms with Gasteiger partial charge in [0.1, 0.15) is 0 Å². The fourth-order valence-corrected chi connectivity index (χ4v) is 1.60. The van der Waals surface area contributed by atoms with Gasteiger partial charge in [0.15, 0.2) is 5.52 Å². The van der Waals surface area contributed by atoms with E-state index in [1.165, 1.54) is 5.56 Å². The van der Waals surface area contributed by atoms with Crippen molar-refractivity contribution >= 4 is 16.9 Å². The molecule has 6 nitrogen and oxygen atoms in total. The molecular formula is C11H10N6. The van der Waals surface area contributed by atoms with Crippen molar-refractivity contribution in [3.63, 3.8) is 0 Å². The Labute approximate surface area is 97.1 Å². The summed E-state index contributed by atoms with van der Waals surface area (Å²) in [6.45, 7) is 0.717. The van der Waals surface area contributed by atoms with Gasteiger partial charge in [-0.15, -0.1) is 10.2 Å². The van der Waals surface area contributed by atoms with Gasteiger partial charge in [-0.05, 0) is 5.56 Å². The van der Waals surface area contributed by atoms with Gasteiger partial charge in [-0.2, -0.15) is 15.4 Å². The number of hydrogen-bond donors (Lipinski definition) is 2. The Morgan fingerprint density at radius 3 is 2.88 bits per heavy atom. The second-order valence-electron chi connectivity index (χ2n) is 3.59. The zero-order chi connectivity index (χ0) is 11.5. The molecule has 0 aliphatic rings. The van der Waals surface area contributed by atoms with Gasteiger partial charge in [-0.1, -0.05) is 30.3 Å². The number of nitrogens with zero attached hydrogens (tertiary/aromatic N) is 4. The summed E-state index contributed by atoms with van der Waals surface area (Å²) in [4.78, 5) is 0. The van der Waals surface area contributed by atoms with Crippen LogP contribution in [0.2, 0.25) is 0 Å². The Hall–Kier alpha value is -2.50. The minimum Gasteiger partial charge on any atom is -0.378 e. The summed E-state index contributed by atoms with van der Waals surface area (Å²) in [5.41, 5.74) is 3.24. The van der Waals surface area contributed by atoms with Gasteiger partial charge in [0, 0.05) is 6.54 Å². The van der Waals surface area contributed by atoms with Crippen LogP contribution in [-0.4, -0.2) is 25.6 Å². The topological polar surface area (TPSA) is 79.4 Å². The minimum absolute atomic E-state index is 0.517. The molecule has 0 atom stereocenters. The van der Waals surface area contributed by atoms with E-state index in [0.717, 1.165) is 5.69 Å². The van der Waals surface area contributed by atoms with E-state index in [-0.39, 0.29) is 0 Å². The maximum Gasteiger partial charge on any atom is 0.225 e. The lowest BCUT2D eigenvalue weighted by atomic mass is 10.2. The highest BCUT2D eigenvalue weighted by atomic mass is 15.4. The minimum atomic E-state index is 0.517. The molecule has 17 heavy (non-hydrogen) atoms. The molecule has 6 heteroatoms. The summed E-state index contributed by atoms with van der Waals surface area (Å²) in [7, 11) is 0. The molecule has 0 fully saturated rings. The van der Waals surface area contributed by atoms with E-state index in [1.807, 2.05) is 18.2 Å². The van der Waals surface area contributed by atoms with Crippen LogP contribution in [0, 0.1) is 0 Å². The van der Waals surface area contributed by atoms with Crippen LogP contribution in [0.3, 0.4) is 0 Å². The largest absolute Gasteiger partial charge is 0.378 e. The molecule has 0 spiro atoms. The monoisotopic (exact) mass is 226 g/mol. The first-order valence-electron chi connectivity index (χ1n) is 5.23. The zero-order valence-corrected chi connectivity index (χ0v) is 8.96.